The molecule has 0 saturated heterocycles. The van der Waals surface area contributed by atoms with Gasteiger partial charge in [-0.1, -0.05) is 18.2 Å². The van der Waals surface area contributed by atoms with E-state index >= 15 is 0 Å². The Morgan fingerprint density at radius 3 is 2.57 bits per heavy atom. The Morgan fingerprint density at radius 2 is 1.83 bits per heavy atom. The minimum atomic E-state index is -3.71. The molecule has 0 bridgehead atoms. The van der Waals surface area contributed by atoms with Crippen LogP contribution in [0.25, 0.3) is 11.3 Å². The zero-order chi connectivity index (χ0) is 21.0. The second kappa shape index (κ2) is 8.52. The van der Waals surface area contributed by atoms with E-state index < -0.39 is 10.0 Å². The van der Waals surface area contributed by atoms with Gasteiger partial charge in [0.2, 0.25) is 0 Å². The van der Waals surface area contributed by atoms with Crippen LogP contribution in [0.2, 0.25) is 0 Å². The summed E-state index contributed by atoms with van der Waals surface area (Å²) in [5.74, 6) is 0.479. The molecule has 2 aromatic carbocycles. The van der Waals surface area contributed by atoms with E-state index in [2.05, 4.69) is 20.0 Å². The van der Waals surface area contributed by atoms with Gasteiger partial charge in [0.25, 0.3) is 10.0 Å². The molecular formula is C21H18N4O3S2. The highest BCUT2D eigenvalue weighted by atomic mass is 32.2. The third-order valence-electron chi connectivity index (χ3n) is 4.20. The molecule has 0 saturated carbocycles. The molecule has 0 aliphatic rings. The van der Waals surface area contributed by atoms with Gasteiger partial charge in [-0.25, -0.2) is 13.4 Å². The van der Waals surface area contributed by atoms with Crippen LogP contribution in [0.5, 0.6) is 5.75 Å². The first-order valence-corrected chi connectivity index (χ1v) is 11.3. The van der Waals surface area contributed by atoms with Crippen LogP contribution in [0.15, 0.2) is 83.3 Å². The van der Waals surface area contributed by atoms with Crippen molar-refractivity contribution in [3.05, 3.63) is 78.4 Å². The summed E-state index contributed by atoms with van der Waals surface area (Å²) in [5.41, 5.74) is 3.01. The Balaban J connectivity index is 1.48. The molecule has 0 aliphatic carbocycles. The zero-order valence-electron chi connectivity index (χ0n) is 15.9. The van der Waals surface area contributed by atoms with E-state index in [1.807, 2.05) is 29.6 Å². The number of hydrogen-bond donors (Lipinski definition) is 2. The Morgan fingerprint density at radius 1 is 1.00 bits per heavy atom. The lowest BCUT2D eigenvalue weighted by molar-refractivity contribution is 0.413. The number of thiazole rings is 1. The highest BCUT2D eigenvalue weighted by Gasteiger charge is 2.15. The second-order valence-electron chi connectivity index (χ2n) is 6.27. The lowest BCUT2D eigenvalue weighted by atomic mass is 10.1. The van der Waals surface area contributed by atoms with Crippen molar-refractivity contribution in [3.8, 4) is 17.0 Å². The number of ether oxygens (including phenoxy) is 1. The number of hydrogen-bond acceptors (Lipinski definition) is 7. The van der Waals surface area contributed by atoms with Gasteiger partial charge in [0.15, 0.2) is 5.13 Å². The second-order valence-corrected chi connectivity index (χ2v) is 8.81. The SMILES string of the molecule is COc1cccc(S(=O)(=O)Nc2ccc(-c3csc(Nc4cccnc4)n3)cc2)c1. The maximum absolute atomic E-state index is 12.6. The highest BCUT2D eigenvalue weighted by Crippen LogP contribution is 2.28. The van der Waals surface area contributed by atoms with E-state index in [9.17, 15) is 8.42 Å². The van der Waals surface area contributed by atoms with Crippen LogP contribution < -0.4 is 14.8 Å². The smallest absolute Gasteiger partial charge is 0.262 e. The molecule has 0 fully saturated rings. The molecule has 2 N–H and O–H groups in total. The third-order valence-corrected chi connectivity index (χ3v) is 6.34. The fourth-order valence-corrected chi connectivity index (χ4v) is 4.55. The van der Waals surface area contributed by atoms with Crippen LogP contribution in [-0.4, -0.2) is 25.5 Å². The van der Waals surface area contributed by atoms with E-state index in [1.54, 1.807) is 36.7 Å². The van der Waals surface area contributed by atoms with Crippen LogP contribution in [0.4, 0.5) is 16.5 Å². The molecule has 0 spiro atoms. The third kappa shape index (κ3) is 4.58. The van der Waals surface area contributed by atoms with E-state index in [0.717, 1.165) is 22.1 Å². The first kappa shape index (κ1) is 19.9. The monoisotopic (exact) mass is 438 g/mol. The molecule has 0 radical (unpaired) electrons. The van der Waals surface area contributed by atoms with Gasteiger partial charge in [0.1, 0.15) is 5.75 Å². The fraction of sp³-hybridized carbons (Fsp3) is 0.0476. The lowest BCUT2D eigenvalue weighted by Crippen LogP contribution is -2.12. The molecule has 7 nitrogen and oxygen atoms in total. The number of rotatable bonds is 7. The number of aromatic nitrogens is 2. The average molecular weight is 439 g/mol. The summed E-state index contributed by atoms with van der Waals surface area (Å²) in [4.78, 5) is 8.78. The van der Waals surface area contributed by atoms with Gasteiger partial charge in [-0.15, -0.1) is 11.3 Å². The summed E-state index contributed by atoms with van der Waals surface area (Å²) in [5, 5.41) is 5.90. The molecule has 0 amide bonds. The zero-order valence-corrected chi connectivity index (χ0v) is 17.6. The summed E-state index contributed by atoms with van der Waals surface area (Å²) in [7, 11) is -2.22. The van der Waals surface area contributed by atoms with Crippen LogP contribution in [0.1, 0.15) is 0 Å². The Labute approximate surface area is 178 Å². The molecule has 2 heterocycles. The average Bonchev–Trinajstić information content (AvgIpc) is 3.23. The number of anilines is 3. The molecule has 30 heavy (non-hydrogen) atoms. The van der Waals surface area contributed by atoms with Gasteiger partial charge in [0, 0.05) is 28.9 Å². The first-order chi connectivity index (χ1) is 14.5. The van der Waals surface area contributed by atoms with Crippen molar-refractivity contribution in [2.75, 3.05) is 17.1 Å². The molecule has 4 aromatic rings. The number of methoxy groups -OCH3 is 1. The quantitative estimate of drug-likeness (QED) is 0.432. The summed E-state index contributed by atoms with van der Waals surface area (Å²) in [6, 6.07) is 17.2. The van der Waals surface area contributed by atoms with Crippen molar-refractivity contribution in [3.63, 3.8) is 0 Å². The molecule has 0 unspecified atom stereocenters. The van der Waals surface area contributed by atoms with E-state index in [-0.39, 0.29) is 4.90 Å². The van der Waals surface area contributed by atoms with Gasteiger partial charge >= 0.3 is 0 Å². The summed E-state index contributed by atoms with van der Waals surface area (Å²) >= 11 is 1.48. The summed E-state index contributed by atoms with van der Waals surface area (Å²) < 4.78 is 32.9. The minimum absolute atomic E-state index is 0.136. The van der Waals surface area contributed by atoms with Crippen LogP contribution in [-0.2, 0) is 10.0 Å². The van der Waals surface area contributed by atoms with Gasteiger partial charge in [-0.3, -0.25) is 9.71 Å². The Kier molecular flexibility index (Phi) is 5.64. The van der Waals surface area contributed by atoms with Crippen LogP contribution in [0, 0.1) is 0 Å². The maximum Gasteiger partial charge on any atom is 0.262 e. The molecule has 152 valence electrons. The predicted octanol–water partition coefficient (Wildman–Crippen LogP) is 4.76. The number of nitrogens with one attached hydrogen (secondary N) is 2. The standard InChI is InChI=1S/C21H18N4O3S2/c1-28-18-5-2-6-19(12-18)30(26,27)25-16-9-7-15(8-10-16)20-14-29-21(24-20)23-17-4-3-11-22-13-17/h2-14,25H,1H3,(H,23,24). The van der Waals surface area contributed by atoms with E-state index in [4.69, 9.17) is 4.74 Å². The van der Waals surface area contributed by atoms with Crippen molar-refractivity contribution in [1.29, 1.82) is 0 Å². The van der Waals surface area contributed by atoms with Gasteiger partial charge in [0.05, 0.1) is 29.6 Å². The van der Waals surface area contributed by atoms with E-state index in [1.165, 1.54) is 30.6 Å². The number of pyridine rings is 1. The van der Waals surface area contributed by atoms with Crippen molar-refractivity contribution >= 4 is 37.9 Å². The Bertz CT molecular complexity index is 1240. The number of nitrogens with zero attached hydrogens (tertiary/aromatic N) is 2. The van der Waals surface area contributed by atoms with Crippen molar-refractivity contribution in [1.82, 2.24) is 9.97 Å². The van der Waals surface area contributed by atoms with Crippen LogP contribution in [0.3, 0.4) is 0 Å². The van der Waals surface area contributed by atoms with Gasteiger partial charge < -0.3 is 10.1 Å². The van der Waals surface area contributed by atoms with E-state index in [0.29, 0.717) is 11.4 Å². The largest absolute Gasteiger partial charge is 0.497 e. The van der Waals surface area contributed by atoms with Crippen molar-refractivity contribution in [2.24, 2.45) is 0 Å². The molecule has 9 heteroatoms. The normalized spacial score (nSPS) is 11.1. The summed E-state index contributed by atoms with van der Waals surface area (Å²) in [6.45, 7) is 0. The number of benzene rings is 2. The maximum atomic E-state index is 12.6. The topological polar surface area (TPSA) is 93.2 Å². The lowest BCUT2D eigenvalue weighted by Gasteiger charge is -2.09. The molecule has 4 rings (SSSR count). The first-order valence-electron chi connectivity index (χ1n) is 8.93. The van der Waals surface area contributed by atoms with Crippen LogP contribution >= 0.6 is 11.3 Å². The number of sulfonamides is 1. The highest BCUT2D eigenvalue weighted by molar-refractivity contribution is 7.92. The molecule has 0 atom stereocenters. The molecular weight excluding hydrogens is 420 g/mol. The predicted molar refractivity (Wildman–Crippen MR) is 119 cm³/mol. The van der Waals surface area contributed by atoms with Gasteiger partial charge in [-0.05, 0) is 36.4 Å². The minimum Gasteiger partial charge on any atom is -0.497 e. The summed E-state index contributed by atoms with van der Waals surface area (Å²) in [6.07, 6.45) is 3.44. The molecule has 2 aromatic heterocycles. The van der Waals surface area contributed by atoms with Crippen molar-refractivity contribution < 1.29 is 13.2 Å². The van der Waals surface area contributed by atoms with Gasteiger partial charge in [-0.2, -0.15) is 0 Å². The Hall–Kier alpha value is -3.43. The fourth-order valence-electron chi connectivity index (χ4n) is 2.72. The molecule has 0 aliphatic heterocycles. The van der Waals surface area contributed by atoms with Crippen molar-refractivity contribution in [2.45, 2.75) is 4.90 Å².